The number of ether oxygens (including phenoxy) is 2. The Morgan fingerprint density at radius 3 is 2.73 bits per heavy atom. The summed E-state index contributed by atoms with van der Waals surface area (Å²) in [4.78, 5) is 4.73. The van der Waals surface area contributed by atoms with Crippen LogP contribution in [0.25, 0.3) is 21.8 Å². The molecule has 4 heteroatoms. The van der Waals surface area contributed by atoms with Crippen LogP contribution in [0.4, 0.5) is 0 Å². The van der Waals surface area contributed by atoms with Crippen LogP contribution in [0, 0.1) is 0 Å². The largest absolute Gasteiger partial charge is 0.497 e. The normalized spacial score (nSPS) is 11.0. The van der Waals surface area contributed by atoms with Gasteiger partial charge in [0.25, 0.3) is 0 Å². The maximum Gasteiger partial charge on any atom is 0.149 e. The van der Waals surface area contributed by atoms with Crippen LogP contribution in [-0.4, -0.2) is 18.7 Å². The Balaban J connectivity index is 2.17. The molecular weight excluding hydrogens is 298 g/mol. The van der Waals surface area contributed by atoms with Crippen LogP contribution in [0.1, 0.15) is 19.8 Å². The van der Waals surface area contributed by atoms with Crippen LogP contribution in [0.3, 0.4) is 0 Å². The van der Waals surface area contributed by atoms with E-state index in [1.807, 2.05) is 30.3 Å². The zero-order valence-corrected chi connectivity index (χ0v) is 13.5. The fourth-order valence-electron chi connectivity index (χ4n) is 2.42. The van der Waals surface area contributed by atoms with E-state index in [1.54, 1.807) is 7.11 Å². The highest BCUT2D eigenvalue weighted by Crippen LogP contribution is 2.32. The minimum atomic E-state index is 0.680. The Hall–Kier alpha value is -2.00. The Bertz CT molecular complexity index is 817. The topological polar surface area (TPSA) is 31.4 Å². The number of hydrogen-bond acceptors (Lipinski definition) is 3. The predicted octanol–water partition coefficient (Wildman–Crippen LogP) is 5.23. The number of pyridine rings is 1. The first-order chi connectivity index (χ1) is 10.7. The number of hydrogen-bond donors (Lipinski definition) is 0. The third kappa shape index (κ3) is 2.95. The molecule has 0 radical (unpaired) electrons. The summed E-state index contributed by atoms with van der Waals surface area (Å²) in [5.41, 5.74) is 1.76. The zero-order chi connectivity index (χ0) is 15.5. The van der Waals surface area contributed by atoms with Crippen molar-refractivity contribution >= 4 is 33.4 Å². The van der Waals surface area contributed by atoms with Crippen LogP contribution < -0.4 is 9.47 Å². The molecule has 1 aromatic heterocycles. The van der Waals surface area contributed by atoms with Gasteiger partial charge < -0.3 is 9.47 Å². The second-order valence-corrected chi connectivity index (χ2v) is 5.66. The lowest BCUT2D eigenvalue weighted by Crippen LogP contribution is -1.99. The van der Waals surface area contributed by atoms with Gasteiger partial charge in [-0.1, -0.05) is 24.9 Å². The van der Waals surface area contributed by atoms with Crippen LogP contribution in [0.5, 0.6) is 11.5 Å². The third-order valence-corrected chi connectivity index (χ3v) is 3.84. The molecule has 0 aliphatic heterocycles. The van der Waals surface area contributed by atoms with Crippen molar-refractivity contribution in [2.24, 2.45) is 0 Å². The molecule has 0 unspecified atom stereocenters. The second-order valence-electron chi connectivity index (χ2n) is 5.22. The van der Waals surface area contributed by atoms with Crippen LogP contribution >= 0.6 is 11.6 Å². The highest BCUT2D eigenvalue weighted by molar-refractivity contribution is 6.31. The predicted molar refractivity (Wildman–Crippen MR) is 91.2 cm³/mol. The van der Waals surface area contributed by atoms with Gasteiger partial charge in [0.05, 0.1) is 19.2 Å². The molecule has 114 valence electrons. The van der Waals surface area contributed by atoms with Crippen molar-refractivity contribution < 1.29 is 9.47 Å². The van der Waals surface area contributed by atoms with E-state index in [2.05, 4.69) is 13.0 Å². The first-order valence-electron chi connectivity index (χ1n) is 7.42. The summed E-state index contributed by atoms with van der Waals surface area (Å²) in [5.74, 6) is 1.53. The fourth-order valence-corrected chi connectivity index (χ4v) is 2.60. The number of aromatic nitrogens is 1. The van der Waals surface area contributed by atoms with E-state index in [0.717, 1.165) is 46.1 Å². The minimum Gasteiger partial charge on any atom is -0.497 e. The third-order valence-electron chi connectivity index (χ3n) is 3.60. The average Bonchev–Trinajstić information content (AvgIpc) is 2.53. The van der Waals surface area contributed by atoms with E-state index in [0.29, 0.717) is 11.6 Å². The van der Waals surface area contributed by atoms with Crippen LogP contribution in [0.2, 0.25) is 5.02 Å². The SMILES string of the molecule is CCCCOc1cc(OC)cc2cc3cc(Cl)ccc3nc12. The van der Waals surface area contributed by atoms with E-state index in [4.69, 9.17) is 26.1 Å². The smallest absolute Gasteiger partial charge is 0.149 e. The summed E-state index contributed by atoms with van der Waals surface area (Å²) in [5, 5.41) is 2.70. The molecule has 0 aliphatic carbocycles. The van der Waals surface area contributed by atoms with Crippen molar-refractivity contribution in [3.05, 3.63) is 41.4 Å². The highest BCUT2D eigenvalue weighted by Gasteiger charge is 2.09. The van der Waals surface area contributed by atoms with Gasteiger partial charge >= 0.3 is 0 Å². The molecule has 1 heterocycles. The number of fused-ring (bicyclic) bond motifs is 2. The van der Waals surface area contributed by atoms with Gasteiger partial charge in [-0.15, -0.1) is 0 Å². The minimum absolute atomic E-state index is 0.680. The molecule has 3 rings (SSSR count). The number of benzene rings is 2. The number of unbranched alkanes of at least 4 members (excludes halogenated alkanes) is 1. The van der Waals surface area contributed by atoms with Crippen molar-refractivity contribution in [1.82, 2.24) is 4.98 Å². The van der Waals surface area contributed by atoms with Gasteiger partial charge in [-0.3, -0.25) is 0 Å². The Labute approximate surface area is 134 Å². The van der Waals surface area contributed by atoms with E-state index >= 15 is 0 Å². The molecule has 22 heavy (non-hydrogen) atoms. The van der Waals surface area contributed by atoms with Gasteiger partial charge in [0.1, 0.15) is 17.0 Å². The van der Waals surface area contributed by atoms with E-state index in [-0.39, 0.29) is 0 Å². The summed E-state index contributed by atoms with van der Waals surface area (Å²) >= 11 is 6.07. The number of halogens is 1. The van der Waals surface area contributed by atoms with Gasteiger partial charge in [0.2, 0.25) is 0 Å². The molecule has 0 aliphatic rings. The van der Waals surface area contributed by atoms with Crippen molar-refractivity contribution in [2.45, 2.75) is 19.8 Å². The molecule has 0 spiro atoms. The van der Waals surface area contributed by atoms with Crippen LogP contribution in [-0.2, 0) is 0 Å². The molecule has 3 aromatic rings. The van der Waals surface area contributed by atoms with Gasteiger partial charge in [0, 0.05) is 21.9 Å². The summed E-state index contributed by atoms with van der Waals surface area (Å²) in [7, 11) is 1.66. The number of nitrogens with zero attached hydrogens (tertiary/aromatic N) is 1. The monoisotopic (exact) mass is 315 g/mol. The lowest BCUT2D eigenvalue weighted by atomic mass is 10.1. The van der Waals surface area contributed by atoms with Gasteiger partial charge in [-0.05, 0) is 36.8 Å². The first kappa shape index (κ1) is 14.9. The maximum absolute atomic E-state index is 6.07. The van der Waals surface area contributed by atoms with Gasteiger partial charge in [-0.2, -0.15) is 0 Å². The molecule has 0 saturated heterocycles. The summed E-state index contributed by atoms with van der Waals surface area (Å²) in [6.07, 6.45) is 2.11. The van der Waals surface area contributed by atoms with Gasteiger partial charge in [0.15, 0.2) is 0 Å². The Morgan fingerprint density at radius 2 is 1.95 bits per heavy atom. The van der Waals surface area contributed by atoms with E-state index < -0.39 is 0 Å². The summed E-state index contributed by atoms with van der Waals surface area (Å²) in [6, 6.07) is 11.6. The Morgan fingerprint density at radius 1 is 1.09 bits per heavy atom. The summed E-state index contributed by atoms with van der Waals surface area (Å²) in [6.45, 7) is 2.82. The second kappa shape index (κ2) is 6.41. The molecule has 0 amide bonds. The molecule has 0 atom stereocenters. The molecule has 0 saturated carbocycles. The maximum atomic E-state index is 6.07. The van der Waals surface area contributed by atoms with Crippen molar-refractivity contribution in [3.8, 4) is 11.5 Å². The number of rotatable bonds is 5. The molecule has 0 fully saturated rings. The molecular formula is C18H18ClNO2. The van der Waals surface area contributed by atoms with Crippen molar-refractivity contribution in [1.29, 1.82) is 0 Å². The summed E-state index contributed by atoms with van der Waals surface area (Å²) < 4.78 is 11.3. The zero-order valence-electron chi connectivity index (χ0n) is 12.7. The molecule has 3 nitrogen and oxygen atoms in total. The highest BCUT2D eigenvalue weighted by atomic mass is 35.5. The lowest BCUT2D eigenvalue weighted by Gasteiger charge is -2.11. The van der Waals surface area contributed by atoms with E-state index in [9.17, 15) is 0 Å². The quantitative estimate of drug-likeness (QED) is 0.477. The van der Waals surface area contributed by atoms with Crippen LogP contribution in [0.15, 0.2) is 36.4 Å². The fraction of sp³-hybridized carbons (Fsp3) is 0.278. The van der Waals surface area contributed by atoms with Crippen molar-refractivity contribution in [3.63, 3.8) is 0 Å². The molecule has 2 aromatic carbocycles. The van der Waals surface area contributed by atoms with Crippen molar-refractivity contribution in [2.75, 3.05) is 13.7 Å². The standard InChI is InChI=1S/C18H18ClNO2/c1-3-4-7-22-17-11-15(21-2)10-13-8-12-9-14(19)5-6-16(12)20-18(13)17/h5-6,8-11H,3-4,7H2,1-2H3. The van der Waals surface area contributed by atoms with E-state index in [1.165, 1.54) is 0 Å². The molecule has 0 N–H and O–H groups in total. The lowest BCUT2D eigenvalue weighted by molar-refractivity contribution is 0.310. The molecule has 0 bridgehead atoms. The first-order valence-corrected chi connectivity index (χ1v) is 7.80. The number of methoxy groups -OCH3 is 1. The van der Waals surface area contributed by atoms with Gasteiger partial charge in [-0.25, -0.2) is 4.98 Å². The Kier molecular flexibility index (Phi) is 4.34. The average molecular weight is 316 g/mol.